The largest absolute Gasteiger partial charge is 0.437 e. The number of pyridine rings is 2. The van der Waals surface area contributed by atoms with Crippen LogP contribution in [-0.4, -0.2) is 45.0 Å². The van der Waals surface area contributed by atoms with Crippen LogP contribution in [0.25, 0.3) is 0 Å². The molecule has 3 aromatic rings. The molecule has 5 heterocycles. The fourth-order valence-electron chi connectivity index (χ4n) is 4.41. The number of rotatable bonds is 6. The van der Waals surface area contributed by atoms with Crippen LogP contribution in [-0.2, 0) is 23.9 Å². The summed E-state index contributed by atoms with van der Waals surface area (Å²) in [5.41, 5.74) is 1.52. The van der Waals surface area contributed by atoms with E-state index in [2.05, 4.69) is 20.3 Å². The minimum absolute atomic E-state index is 0.0788. The number of carbonyl (C=O) groups is 1. The van der Waals surface area contributed by atoms with Crippen LogP contribution in [0.15, 0.2) is 36.7 Å². The SMILES string of the molecule is CCN1c2nc(NCc3ccc(Oc4ccc(C(F)(F)F)nc4)nc3)nc3c2N(CCC3)C(=O)C1C. The number of alkyl halides is 3. The van der Waals surface area contributed by atoms with Crippen molar-refractivity contribution in [3.8, 4) is 11.6 Å². The van der Waals surface area contributed by atoms with Crippen LogP contribution in [0.5, 0.6) is 11.6 Å². The molecule has 2 aliphatic rings. The number of anilines is 3. The summed E-state index contributed by atoms with van der Waals surface area (Å²) in [6, 6.07) is 5.18. The molecule has 0 bridgehead atoms. The first-order valence-corrected chi connectivity index (χ1v) is 11.6. The standard InChI is InChI=1S/C24H24F3N7O2/c1-3-33-14(2)22(35)34-10-4-5-17-20(34)21(33)32-23(31-17)30-12-15-6-9-19(29-11-15)36-16-7-8-18(28-13-16)24(25,26)27/h6-9,11,13-14H,3-5,10,12H2,1-2H3,(H,30,31,32). The van der Waals surface area contributed by atoms with Crippen molar-refractivity contribution in [3.05, 3.63) is 53.6 Å². The van der Waals surface area contributed by atoms with Crippen LogP contribution in [0.2, 0.25) is 0 Å². The number of aryl methyl sites for hydroxylation is 1. The fraction of sp³-hybridized carbons (Fsp3) is 0.375. The van der Waals surface area contributed by atoms with Gasteiger partial charge in [0.2, 0.25) is 17.7 Å². The first kappa shape index (κ1) is 23.8. The third-order valence-corrected chi connectivity index (χ3v) is 6.20. The van der Waals surface area contributed by atoms with Crippen molar-refractivity contribution in [1.82, 2.24) is 19.9 Å². The average Bonchev–Trinajstić information content (AvgIpc) is 2.87. The molecule has 2 aliphatic heterocycles. The molecule has 12 heteroatoms. The summed E-state index contributed by atoms with van der Waals surface area (Å²) >= 11 is 0. The van der Waals surface area contributed by atoms with Gasteiger partial charge in [0.1, 0.15) is 23.2 Å². The first-order chi connectivity index (χ1) is 17.2. The summed E-state index contributed by atoms with van der Waals surface area (Å²) in [6.45, 7) is 5.63. The summed E-state index contributed by atoms with van der Waals surface area (Å²) in [6.07, 6.45) is -0.262. The van der Waals surface area contributed by atoms with Crippen LogP contribution in [0.3, 0.4) is 0 Å². The van der Waals surface area contributed by atoms with Gasteiger partial charge in [0.15, 0.2) is 5.82 Å². The van der Waals surface area contributed by atoms with Gasteiger partial charge in [0.05, 0.1) is 11.9 Å². The Hall–Kier alpha value is -3.96. The monoisotopic (exact) mass is 499 g/mol. The van der Waals surface area contributed by atoms with Crippen LogP contribution in [0.4, 0.5) is 30.6 Å². The first-order valence-electron chi connectivity index (χ1n) is 11.6. The van der Waals surface area contributed by atoms with Crippen molar-refractivity contribution >= 4 is 23.4 Å². The van der Waals surface area contributed by atoms with Gasteiger partial charge in [-0.25, -0.2) is 15.0 Å². The minimum Gasteiger partial charge on any atom is -0.437 e. The number of hydrogen-bond donors (Lipinski definition) is 1. The van der Waals surface area contributed by atoms with Crippen LogP contribution < -0.4 is 19.9 Å². The Balaban J connectivity index is 1.28. The topological polar surface area (TPSA) is 96.4 Å². The maximum absolute atomic E-state index is 12.8. The van der Waals surface area contributed by atoms with E-state index in [9.17, 15) is 18.0 Å². The predicted octanol–water partition coefficient (Wildman–Crippen LogP) is 4.20. The average molecular weight is 499 g/mol. The molecule has 1 N–H and O–H groups in total. The molecule has 5 rings (SSSR count). The highest BCUT2D eigenvalue weighted by Gasteiger charge is 2.39. The van der Waals surface area contributed by atoms with Gasteiger partial charge in [0, 0.05) is 31.9 Å². The Kier molecular flexibility index (Phi) is 6.10. The van der Waals surface area contributed by atoms with Crippen LogP contribution >= 0.6 is 0 Å². The number of carbonyl (C=O) groups excluding carboxylic acids is 1. The zero-order valence-corrected chi connectivity index (χ0v) is 19.7. The van der Waals surface area contributed by atoms with E-state index in [1.165, 1.54) is 6.07 Å². The maximum Gasteiger partial charge on any atom is 0.433 e. The Bertz CT molecular complexity index is 1270. The second kappa shape index (κ2) is 9.25. The Morgan fingerprint density at radius 3 is 2.64 bits per heavy atom. The molecule has 1 amide bonds. The molecule has 3 aromatic heterocycles. The van der Waals surface area contributed by atoms with Gasteiger partial charge in [-0.15, -0.1) is 0 Å². The molecule has 1 unspecified atom stereocenters. The minimum atomic E-state index is -4.51. The van der Waals surface area contributed by atoms with E-state index in [1.807, 2.05) is 23.6 Å². The highest BCUT2D eigenvalue weighted by atomic mass is 19.4. The molecule has 188 valence electrons. The fourth-order valence-corrected chi connectivity index (χ4v) is 4.41. The van der Waals surface area contributed by atoms with E-state index >= 15 is 0 Å². The maximum atomic E-state index is 12.8. The quantitative estimate of drug-likeness (QED) is 0.539. The van der Waals surface area contributed by atoms with E-state index in [-0.39, 0.29) is 23.6 Å². The molecule has 0 spiro atoms. The summed E-state index contributed by atoms with van der Waals surface area (Å²) in [7, 11) is 0. The van der Waals surface area contributed by atoms with Gasteiger partial charge in [0.25, 0.3) is 0 Å². The zero-order valence-electron chi connectivity index (χ0n) is 19.7. The van der Waals surface area contributed by atoms with E-state index in [0.717, 1.165) is 47.9 Å². The van der Waals surface area contributed by atoms with Gasteiger partial charge in [-0.3, -0.25) is 4.79 Å². The third-order valence-electron chi connectivity index (χ3n) is 6.20. The number of nitrogens with zero attached hydrogens (tertiary/aromatic N) is 6. The molecule has 0 aromatic carbocycles. The lowest BCUT2D eigenvalue weighted by atomic mass is 10.0. The third kappa shape index (κ3) is 4.50. The van der Waals surface area contributed by atoms with Crippen LogP contribution in [0, 0.1) is 0 Å². The lowest BCUT2D eigenvalue weighted by Crippen LogP contribution is -2.54. The lowest BCUT2D eigenvalue weighted by Gasteiger charge is -2.42. The number of likely N-dealkylation sites (N-methyl/N-ethyl adjacent to an activating group) is 1. The van der Waals surface area contributed by atoms with Gasteiger partial charge in [-0.2, -0.15) is 18.2 Å². The second-order valence-corrected chi connectivity index (χ2v) is 8.56. The van der Waals surface area contributed by atoms with Gasteiger partial charge in [-0.1, -0.05) is 6.07 Å². The highest BCUT2D eigenvalue weighted by molar-refractivity contribution is 6.05. The molecule has 36 heavy (non-hydrogen) atoms. The van der Waals surface area contributed by atoms with Crippen molar-refractivity contribution in [2.75, 3.05) is 28.2 Å². The predicted molar refractivity (Wildman–Crippen MR) is 126 cm³/mol. The van der Waals surface area contributed by atoms with E-state index in [0.29, 0.717) is 25.6 Å². The normalized spacial score (nSPS) is 17.1. The molecule has 0 radical (unpaired) electrons. The lowest BCUT2D eigenvalue weighted by molar-refractivity contribution is -0.141. The van der Waals surface area contributed by atoms with Crippen LogP contribution in [0.1, 0.15) is 37.2 Å². The van der Waals surface area contributed by atoms with E-state index in [4.69, 9.17) is 9.72 Å². The molecule has 0 saturated carbocycles. The van der Waals surface area contributed by atoms with Gasteiger partial charge >= 0.3 is 6.18 Å². The van der Waals surface area contributed by atoms with Gasteiger partial charge < -0.3 is 19.9 Å². The summed E-state index contributed by atoms with van der Waals surface area (Å²) in [5.74, 6) is 1.70. The number of nitrogens with one attached hydrogen (secondary N) is 1. The van der Waals surface area contributed by atoms with Crippen molar-refractivity contribution in [1.29, 1.82) is 0 Å². The number of ether oxygens (including phenoxy) is 1. The molecule has 9 nitrogen and oxygen atoms in total. The Labute approximate surface area is 205 Å². The van der Waals surface area contributed by atoms with Crippen molar-refractivity contribution in [2.24, 2.45) is 0 Å². The highest BCUT2D eigenvalue weighted by Crippen LogP contribution is 2.40. The van der Waals surface area contributed by atoms with Crippen molar-refractivity contribution in [2.45, 2.75) is 45.5 Å². The molecule has 1 atom stereocenters. The molecule has 0 aliphatic carbocycles. The van der Waals surface area contributed by atoms with E-state index < -0.39 is 11.9 Å². The summed E-state index contributed by atoms with van der Waals surface area (Å²) in [5, 5.41) is 3.24. The summed E-state index contributed by atoms with van der Waals surface area (Å²) < 4.78 is 43.5. The van der Waals surface area contributed by atoms with Gasteiger partial charge in [-0.05, 0) is 44.4 Å². The van der Waals surface area contributed by atoms with Crippen molar-refractivity contribution < 1.29 is 22.7 Å². The second-order valence-electron chi connectivity index (χ2n) is 8.56. The molecule has 0 saturated heterocycles. The zero-order chi connectivity index (χ0) is 25.4. The smallest absolute Gasteiger partial charge is 0.433 e. The van der Waals surface area contributed by atoms with E-state index in [1.54, 1.807) is 18.3 Å². The summed E-state index contributed by atoms with van der Waals surface area (Å²) in [4.78, 5) is 33.6. The number of aromatic nitrogens is 4. The Morgan fingerprint density at radius 1 is 1.14 bits per heavy atom. The molecular formula is C24H24F3N7O2. The molecular weight excluding hydrogens is 475 g/mol. The number of hydrogen-bond acceptors (Lipinski definition) is 8. The number of halogens is 3. The number of amides is 1. The Morgan fingerprint density at radius 2 is 1.97 bits per heavy atom. The van der Waals surface area contributed by atoms with Crippen molar-refractivity contribution in [3.63, 3.8) is 0 Å². The molecule has 0 fully saturated rings.